The third kappa shape index (κ3) is 3.76. The molecule has 5 heterocycles. The second kappa shape index (κ2) is 8.27. The molecule has 2 N–H and O–H groups in total. The molecule has 2 atom stereocenters. The molecule has 11 heteroatoms. The van der Waals surface area contributed by atoms with Crippen LogP contribution in [0.3, 0.4) is 0 Å². The van der Waals surface area contributed by atoms with E-state index in [-0.39, 0.29) is 11.8 Å². The Morgan fingerprint density at radius 2 is 1.94 bits per heavy atom. The summed E-state index contributed by atoms with van der Waals surface area (Å²) in [5.74, 6) is 7.74. The molecule has 0 bridgehead atoms. The van der Waals surface area contributed by atoms with Gasteiger partial charge in [0.15, 0.2) is 11.6 Å². The normalized spacial score (nSPS) is 17.6. The monoisotopic (exact) mass is 480 g/mol. The van der Waals surface area contributed by atoms with Gasteiger partial charge in [-0.3, -0.25) is 4.79 Å². The molecule has 1 amide bonds. The number of hydrogen-bond acceptors (Lipinski definition) is 9. The minimum absolute atomic E-state index is 0.0294. The van der Waals surface area contributed by atoms with Crippen molar-refractivity contribution in [2.45, 2.75) is 19.9 Å². The topological polar surface area (TPSA) is 127 Å². The molecule has 1 aliphatic heterocycles. The molecule has 11 nitrogen and oxygen atoms in total. The first-order valence-electron chi connectivity index (χ1n) is 11.7. The zero-order chi connectivity index (χ0) is 25.0. The summed E-state index contributed by atoms with van der Waals surface area (Å²) in [5.41, 5.74) is 5.54. The number of nitrogens with zero attached hydrogens (tertiary/aromatic N) is 8. The SMILES string of the molecule is CNc1ncc(C#Cc2cc3c(cn2)N(C)Cc2nn(C)nc2-3)c2cc(NC(=O)[C@H]3C[C@H]3C)nnc12. The van der Waals surface area contributed by atoms with Crippen molar-refractivity contribution in [2.75, 3.05) is 29.6 Å². The van der Waals surface area contributed by atoms with Crippen molar-refractivity contribution in [1.29, 1.82) is 0 Å². The third-order valence-corrected chi connectivity index (χ3v) is 6.61. The van der Waals surface area contributed by atoms with Crippen LogP contribution in [0, 0.1) is 23.7 Å². The van der Waals surface area contributed by atoms with Crippen molar-refractivity contribution in [3.8, 4) is 23.1 Å². The lowest BCUT2D eigenvalue weighted by atomic mass is 10.0. The van der Waals surface area contributed by atoms with Gasteiger partial charge in [-0.2, -0.15) is 15.0 Å². The highest BCUT2D eigenvalue weighted by atomic mass is 16.2. The van der Waals surface area contributed by atoms with E-state index in [0.717, 1.165) is 34.4 Å². The molecule has 1 saturated carbocycles. The van der Waals surface area contributed by atoms with Gasteiger partial charge < -0.3 is 15.5 Å². The molecule has 0 saturated heterocycles. The highest BCUT2D eigenvalue weighted by Gasteiger charge is 2.39. The van der Waals surface area contributed by atoms with E-state index < -0.39 is 0 Å². The molecule has 4 aromatic rings. The largest absolute Gasteiger partial charge is 0.371 e. The van der Waals surface area contributed by atoms with Crippen LogP contribution in [-0.2, 0) is 18.4 Å². The number of aromatic nitrogens is 7. The van der Waals surface area contributed by atoms with Crippen LogP contribution >= 0.6 is 0 Å². The number of nitrogens with one attached hydrogen (secondary N) is 2. The minimum atomic E-state index is -0.0294. The van der Waals surface area contributed by atoms with Gasteiger partial charge in [0.2, 0.25) is 5.91 Å². The van der Waals surface area contributed by atoms with Crippen LogP contribution in [0.25, 0.3) is 22.2 Å². The van der Waals surface area contributed by atoms with Crippen molar-refractivity contribution in [1.82, 2.24) is 35.2 Å². The Morgan fingerprint density at radius 3 is 2.72 bits per heavy atom. The number of rotatable bonds is 3. The molecule has 36 heavy (non-hydrogen) atoms. The fourth-order valence-electron chi connectivity index (χ4n) is 4.50. The first-order chi connectivity index (χ1) is 17.4. The summed E-state index contributed by atoms with van der Waals surface area (Å²) < 4.78 is 0. The average Bonchev–Trinajstić information content (AvgIpc) is 3.49. The number of fused-ring (bicyclic) bond motifs is 4. The molecule has 4 aromatic heterocycles. The molecule has 0 radical (unpaired) electrons. The van der Waals surface area contributed by atoms with Gasteiger partial charge in [-0.25, -0.2) is 9.97 Å². The van der Waals surface area contributed by atoms with Gasteiger partial charge >= 0.3 is 0 Å². The van der Waals surface area contributed by atoms with E-state index in [1.807, 2.05) is 26.4 Å². The first kappa shape index (κ1) is 21.9. The van der Waals surface area contributed by atoms with Gasteiger partial charge in [0.05, 0.1) is 24.0 Å². The number of pyridine rings is 2. The van der Waals surface area contributed by atoms with E-state index in [2.05, 4.69) is 64.7 Å². The van der Waals surface area contributed by atoms with Gasteiger partial charge in [0, 0.05) is 44.2 Å². The fourth-order valence-corrected chi connectivity index (χ4v) is 4.50. The molecule has 0 spiro atoms. The minimum Gasteiger partial charge on any atom is -0.371 e. The van der Waals surface area contributed by atoms with Crippen molar-refractivity contribution >= 4 is 34.1 Å². The number of amides is 1. The Hall–Kier alpha value is -4.59. The number of hydrogen-bond donors (Lipinski definition) is 2. The maximum atomic E-state index is 12.4. The van der Waals surface area contributed by atoms with E-state index >= 15 is 0 Å². The van der Waals surface area contributed by atoms with Crippen LogP contribution in [0.15, 0.2) is 24.5 Å². The summed E-state index contributed by atoms with van der Waals surface area (Å²) in [5, 5.41) is 24.2. The lowest BCUT2D eigenvalue weighted by Crippen LogP contribution is -2.22. The fraction of sp³-hybridized carbons (Fsp3) is 0.320. The highest BCUT2D eigenvalue weighted by molar-refractivity contribution is 5.97. The summed E-state index contributed by atoms with van der Waals surface area (Å²) in [6.07, 6.45) is 4.40. The van der Waals surface area contributed by atoms with E-state index in [1.165, 1.54) is 0 Å². The predicted molar refractivity (Wildman–Crippen MR) is 135 cm³/mol. The molecular formula is C25H24N10O. The Balaban J connectivity index is 1.38. The summed E-state index contributed by atoms with van der Waals surface area (Å²) in [4.78, 5) is 25.1. The second-order valence-electron chi connectivity index (χ2n) is 9.25. The maximum absolute atomic E-state index is 12.4. The Labute approximate surface area is 207 Å². The Bertz CT molecular complexity index is 1600. The van der Waals surface area contributed by atoms with Crippen LogP contribution in [0.5, 0.6) is 0 Å². The zero-order valence-electron chi connectivity index (χ0n) is 20.4. The second-order valence-corrected chi connectivity index (χ2v) is 9.25. The van der Waals surface area contributed by atoms with Crippen LogP contribution in [0.1, 0.15) is 30.3 Å². The summed E-state index contributed by atoms with van der Waals surface area (Å²) in [6.45, 7) is 2.74. The molecule has 2 aliphatic rings. The third-order valence-electron chi connectivity index (χ3n) is 6.61. The van der Waals surface area contributed by atoms with Gasteiger partial charge in [-0.15, -0.1) is 10.2 Å². The quantitative estimate of drug-likeness (QED) is 0.424. The molecule has 1 aliphatic carbocycles. The zero-order valence-corrected chi connectivity index (χ0v) is 20.4. The molecule has 6 rings (SSSR count). The lowest BCUT2D eigenvalue weighted by molar-refractivity contribution is -0.117. The molecule has 1 fully saturated rings. The maximum Gasteiger partial charge on any atom is 0.228 e. The molecule has 180 valence electrons. The number of aryl methyl sites for hydroxylation is 1. The van der Waals surface area contributed by atoms with E-state index in [0.29, 0.717) is 40.9 Å². The van der Waals surface area contributed by atoms with Gasteiger partial charge in [-0.1, -0.05) is 12.8 Å². The van der Waals surface area contributed by atoms with Crippen molar-refractivity contribution in [3.63, 3.8) is 0 Å². The lowest BCUT2D eigenvalue weighted by Gasteiger charge is -2.25. The Kier molecular flexibility index (Phi) is 5.03. The van der Waals surface area contributed by atoms with Crippen LogP contribution in [0.2, 0.25) is 0 Å². The van der Waals surface area contributed by atoms with Crippen LogP contribution in [-0.4, -0.2) is 55.2 Å². The van der Waals surface area contributed by atoms with Crippen molar-refractivity contribution < 1.29 is 4.79 Å². The predicted octanol–water partition coefficient (Wildman–Crippen LogP) is 2.20. The highest BCUT2D eigenvalue weighted by Crippen LogP contribution is 2.38. The van der Waals surface area contributed by atoms with E-state index in [1.54, 1.807) is 24.1 Å². The number of carbonyl (C=O) groups excluding carboxylic acids is 1. The number of carbonyl (C=O) groups is 1. The molecular weight excluding hydrogens is 456 g/mol. The molecule has 0 unspecified atom stereocenters. The van der Waals surface area contributed by atoms with Crippen molar-refractivity contribution in [2.24, 2.45) is 18.9 Å². The summed E-state index contributed by atoms with van der Waals surface area (Å²) in [6, 6.07) is 3.73. The average molecular weight is 481 g/mol. The van der Waals surface area contributed by atoms with E-state index in [9.17, 15) is 4.79 Å². The van der Waals surface area contributed by atoms with E-state index in [4.69, 9.17) is 0 Å². The van der Waals surface area contributed by atoms with Gasteiger partial charge in [-0.05, 0) is 30.4 Å². The summed E-state index contributed by atoms with van der Waals surface area (Å²) in [7, 11) is 5.59. The molecule has 0 aromatic carbocycles. The number of anilines is 3. The standard InChI is InChI=1S/C25H24N10O/c1-13-7-16(13)25(36)29-21-9-17-14(10-28-24(26-2)23(17)31-30-21)5-6-15-8-18-20(11-27-15)34(3)12-19-22(18)33-35(4)32-19/h8-11,13,16H,7,12H2,1-4H3,(H,26,28)(H,29,30,36)/t13-,16+/m1/s1. The summed E-state index contributed by atoms with van der Waals surface area (Å²) >= 11 is 0. The van der Waals surface area contributed by atoms with Gasteiger partial charge in [0.25, 0.3) is 0 Å². The Morgan fingerprint density at radius 1 is 1.11 bits per heavy atom. The van der Waals surface area contributed by atoms with Crippen LogP contribution in [0.4, 0.5) is 17.3 Å². The smallest absolute Gasteiger partial charge is 0.228 e. The van der Waals surface area contributed by atoms with Crippen LogP contribution < -0.4 is 15.5 Å². The van der Waals surface area contributed by atoms with Crippen molar-refractivity contribution in [3.05, 3.63) is 41.5 Å². The first-order valence-corrected chi connectivity index (χ1v) is 11.7. The van der Waals surface area contributed by atoms with Gasteiger partial charge in [0.1, 0.15) is 22.6 Å².